The zero-order valence-electron chi connectivity index (χ0n) is 13.8. The number of thiocarbonyl (C=S) groups is 1. The molecule has 130 valence electrons. The highest BCUT2D eigenvalue weighted by Gasteiger charge is 2.12. The Hall–Kier alpha value is -1.28. The summed E-state index contributed by atoms with van der Waals surface area (Å²) in [5, 5.41) is 8.47. The van der Waals surface area contributed by atoms with Crippen molar-refractivity contribution in [1.29, 1.82) is 0 Å². The molecule has 0 aliphatic carbocycles. The predicted octanol–water partition coefficient (Wildman–Crippen LogP) is 0.608. The van der Waals surface area contributed by atoms with Gasteiger partial charge in [-0.25, -0.2) is 4.98 Å². The molecule has 0 unspecified atom stereocenters. The third-order valence-corrected chi connectivity index (χ3v) is 5.54. The van der Waals surface area contributed by atoms with Crippen LogP contribution in [0.4, 0.5) is 0 Å². The normalized spacial score (nSPS) is 15.5. The molecule has 0 saturated carbocycles. The number of aromatic nitrogens is 1. The predicted molar refractivity (Wildman–Crippen MR) is 103 cm³/mol. The molecule has 3 rings (SSSR count). The fourth-order valence-electron chi connectivity index (χ4n) is 2.82. The van der Waals surface area contributed by atoms with E-state index in [1.807, 2.05) is 6.07 Å². The number of ether oxygens (including phenoxy) is 1. The molecule has 1 aromatic carbocycles. The van der Waals surface area contributed by atoms with Crippen molar-refractivity contribution in [2.45, 2.75) is 12.8 Å². The molecule has 7 heteroatoms. The molecule has 1 saturated heterocycles. The van der Waals surface area contributed by atoms with Crippen molar-refractivity contribution >= 4 is 38.9 Å². The minimum absolute atomic E-state index is 0.744. The first-order chi connectivity index (χ1) is 11.8. The van der Waals surface area contributed by atoms with E-state index in [4.69, 9.17) is 17.0 Å². The van der Waals surface area contributed by atoms with E-state index in [2.05, 4.69) is 33.8 Å². The molecule has 0 radical (unpaired) electrons. The number of rotatable bonds is 7. The maximum Gasteiger partial charge on any atom is 0.166 e. The number of para-hydroxylation sites is 1. The lowest BCUT2D eigenvalue weighted by Gasteiger charge is -2.23. The fraction of sp³-hybridized carbons (Fsp3) is 0.529. The summed E-state index contributed by atoms with van der Waals surface area (Å²) in [6.45, 7) is 6.99. The van der Waals surface area contributed by atoms with Crippen LogP contribution >= 0.6 is 23.6 Å². The Balaban J connectivity index is 1.28. The molecule has 0 bridgehead atoms. The van der Waals surface area contributed by atoms with E-state index in [0.717, 1.165) is 67.9 Å². The molecule has 1 aliphatic heterocycles. The Kier molecular flexibility index (Phi) is 6.77. The molecule has 1 fully saturated rings. The summed E-state index contributed by atoms with van der Waals surface area (Å²) in [5.74, 6) is 0. The first-order valence-electron chi connectivity index (χ1n) is 8.59. The lowest BCUT2D eigenvalue weighted by Crippen LogP contribution is -3.14. The van der Waals surface area contributed by atoms with Crippen molar-refractivity contribution in [3.63, 3.8) is 0 Å². The largest absolute Gasteiger partial charge is 0.370 e. The van der Waals surface area contributed by atoms with Gasteiger partial charge in [-0.05, 0) is 24.4 Å². The Morgan fingerprint density at radius 1 is 1.21 bits per heavy atom. The van der Waals surface area contributed by atoms with Gasteiger partial charge in [0.15, 0.2) is 5.11 Å². The number of hydrogen-bond acceptors (Lipinski definition) is 4. The van der Waals surface area contributed by atoms with Crippen LogP contribution in [0, 0.1) is 0 Å². The van der Waals surface area contributed by atoms with Crippen molar-refractivity contribution in [1.82, 2.24) is 15.6 Å². The van der Waals surface area contributed by atoms with Gasteiger partial charge >= 0.3 is 0 Å². The number of fused-ring (bicyclic) bond motifs is 1. The van der Waals surface area contributed by atoms with Gasteiger partial charge in [-0.3, -0.25) is 0 Å². The van der Waals surface area contributed by atoms with Gasteiger partial charge in [0.1, 0.15) is 13.1 Å². The summed E-state index contributed by atoms with van der Waals surface area (Å²) in [5.41, 5.74) is 1.09. The number of hydrogen-bond donors (Lipinski definition) is 3. The first kappa shape index (κ1) is 17.5. The average Bonchev–Trinajstić information content (AvgIpc) is 3.02. The number of benzene rings is 1. The van der Waals surface area contributed by atoms with Gasteiger partial charge in [-0.2, -0.15) is 0 Å². The summed E-state index contributed by atoms with van der Waals surface area (Å²) in [6, 6.07) is 8.26. The zero-order valence-corrected chi connectivity index (χ0v) is 15.5. The van der Waals surface area contributed by atoms with E-state index in [9.17, 15) is 0 Å². The maximum absolute atomic E-state index is 5.37. The summed E-state index contributed by atoms with van der Waals surface area (Å²) in [7, 11) is 0. The van der Waals surface area contributed by atoms with Crippen LogP contribution in [-0.4, -0.2) is 56.0 Å². The van der Waals surface area contributed by atoms with Gasteiger partial charge < -0.3 is 20.3 Å². The molecule has 0 spiro atoms. The van der Waals surface area contributed by atoms with Crippen LogP contribution in [0.15, 0.2) is 24.3 Å². The number of nitrogens with zero attached hydrogens (tertiary/aromatic N) is 1. The third kappa shape index (κ3) is 5.37. The highest BCUT2D eigenvalue weighted by atomic mass is 32.1. The van der Waals surface area contributed by atoms with Crippen LogP contribution in [0.1, 0.15) is 11.4 Å². The van der Waals surface area contributed by atoms with Gasteiger partial charge in [-0.1, -0.05) is 12.1 Å². The SMILES string of the molecule is S=C(NCCC[NH+]1CCOCC1)NCCc1nc2ccccc2s1. The summed E-state index contributed by atoms with van der Waals surface area (Å²) in [6.07, 6.45) is 2.04. The summed E-state index contributed by atoms with van der Waals surface area (Å²) in [4.78, 5) is 6.28. The van der Waals surface area contributed by atoms with Crippen LogP contribution in [-0.2, 0) is 11.2 Å². The second-order valence-corrected chi connectivity index (χ2v) is 7.50. The Morgan fingerprint density at radius 2 is 2.00 bits per heavy atom. The number of thiazole rings is 1. The van der Waals surface area contributed by atoms with Crippen molar-refractivity contribution < 1.29 is 9.64 Å². The van der Waals surface area contributed by atoms with Crippen LogP contribution in [0.2, 0.25) is 0 Å². The molecule has 0 amide bonds. The number of morpholine rings is 1. The lowest BCUT2D eigenvalue weighted by atomic mass is 10.3. The third-order valence-electron chi connectivity index (χ3n) is 4.16. The van der Waals surface area contributed by atoms with Crippen LogP contribution < -0.4 is 15.5 Å². The molecule has 0 atom stereocenters. The highest BCUT2D eigenvalue weighted by Crippen LogP contribution is 2.21. The second kappa shape index (κ2) is 9.27. The summed E-state index contributed by atoms with van der Waals surface area (Å²) >= 11 is 7.10. The molecule has 2 aromatic rings. The molecular formula is C17H25N4OS2+. The lowest BCUT2D eigenvalue weighted by molar-refractivity contribution is -0.908. The summed E-state index contributed by atoms with van der Waals surface area (Å²) < 4.78 is 6.62. The topological polar surface area (TPSA) is 50.6 Å². The standard InChI is InChI=1S/C17H24N4OS2/c23-17(18-7-3-9-21-10-12-22-13-11-21)19-8-6-16-20-14-4-1-2-5-15(14)24-16/h1-2,4-5H,3,6-13H2,(H2,18,19,23)/p+1. The Bertz CT molecular complexity index is 622. The van der Waals surface area contributed by atoms with Crippen LogP contribution in [0.5, 0.6) is 0 Å². The zero-order chi connectivity index (χ0) is 16.6. The minimum atomic E-state index is 0.744. The van der Waals surface area contributed by atoms with E-state index < -0.39 is 0 Å². The van der Waals surface area contributed by atoms with Gasteiger partial charge in [0.2, 0.25) is 0 Å². The smallest absolute Gasteiger partial charge is 0.166 e. The van der Waals surface area contributed by atoms with Gasteiger partial charge in [0, 0.05) is 25.9 Å². The van der Waals surface area contributed by atoms with Crippen LogP contribution in [0.25, 0.3) is 10.2 Å². The van der Waals surface area contributed by atoms with E-state index in [1.165, 1.54) is 11.2 Å². The van der Waals surface area contributed by atoms with Gasteiger partial charge in [0.05, 0.1) is 35.0 Å². The van der Waals surface area contributed by atoms with Gasteiger partial charge in [0.25, 0.3) is 0 Å². The molecule has 2 heterocycles. The first-order valence-corrected chi connectivity index (χ1v) is 9.81. The Labute approximate surface area is 152 Å². The van der Waals surface area contributed by atoms with E-state index in [1.54, 1.807) is 16.2 Å². The number of nitrogens with one attached hydrogen (secondary N) is 3. The van der Waals surface area contributed by atoms with Crippen molar-refractivity contribution in [2.75, 3.05) is 45.9 Å². The monoisotopic (exact) mass is 365 g/mol. The minimum Gasteiger partial charge on any atom is -0.370 e. The quantitative estimate of drug-likeness (QED) is 0.496. The van der Waals surface area contributed by atoms with Crippen molar-refractivity contribution in [3.8, 4) is 0 Å². The van der Waals surface area contributed by atoms with Crippen LogP contribution in [0.3, 0.4) is 0 Å². The molecule has 3 N–H and O–H groups in total. The molecule has 1 aromatic heterocycles. The fourth-order valence-corrected chi connectivity index (χ4v) is 3.99. The highest BCUT2D eigenvalue weighted by molar-refractivity contribution is 7.80. The molecule has 24 heavy (non-hydrogen) atoms. The van der Waals surface area contributed by atoms with E-state index in [0.29, 0.717) is 0 Å². The van der Waals surface area contributed by atoms with E-state index in [-0.39, 0.29) is 0 Å². The van der Waals surface area contributed by atoms with Crippen molar-refractivity contribution in [3.05, 3.63) is 29.3 Å². The Morgan fingerprint density at radius 3 is 2.83 bits per heavy atom. The van der Waals surface area contributed by atoms with E-state index >= 15 is 0 Å². The maximum atomic E-state index is 5.37. The molecule has 5 nitrogen and oxygen atoms in total. The average molecular weight is 366 g/mol. The second-order valence-electron chi connectivity index (χ2n) is 5.97. The van der Waals surface area contributed by atoms with Crippen molar-refractivity contribution in [2.24, 2.45) is 0 Å². The van der Waals surface area contributed by atoms with Gasteiger partial charge in [-0.15, -0.1) is 11.3 Å². The molecular weight excluding hydrogens is 340 g/mol. The number of quaternary nitrogens is 1. The molecule has 1 aliphatic rings.